The zero-order valence-electron chi connectivity index (χ0n) is 12.5. The van der Waals surface area contributed by atoms with Crippen LogP contribution < -0.4 is 10.0 Å². The predicted molar refractivity (Wildman–Crippen MR) is 93.0 cm³/mol. The molecule has 0 bridgehead atoms. The Hall–Kier alpha value is -0.180. The van der Waals surface area contributed by atoms with Gasteiger partial charge in [-0.15, -0.1) is 12.4 Å². The van der Waals surface area contributed by atoms with Crippen molar-refractivity contribution in [2.45, 2.75) is 17.7 Å². The maximum absolute atomic E-state index is 12.4. The number of halogens is 2. The second-order valence-electron chi connectivity index (χ2n) is 5.46. The van der Waals surface area contributed by atoms with Crippen LogP contribution in [0.1, 0.15) is 12.8 Å². The Balaban J connectivity index is 0.00000242. The summed E-state index contributed by atoms with van der Waals surface area (Å²) in [5.41, 5.74) is -0.126. The molecule has 1 aromatic carbocycles. The van der Waals surface area contributed by atoms with Crippen LogP contribution in [0.5, 0.6) is 0 Å². The van der Waals surface area contributed by atoms with E-state index in [4.69, 9.17) is 4.74 Å². The highest BCUT2D eigenvalue weighted by Crippen LogP contribution is 2.29. The van der Waals surface area contributed by atoms with Gasteiger partial charge >= 0.3 is 0 Å². The fourth-order valence-corrected chi connectivity index (χ4v) is 4.35. The zero-order chi connectivity index (χ0) is 15.3. The molecular weight excluding hydrogens is 392 g/mol. The minimum atomic E-state index is -3.49. The predicted octanol–water partition coefficient (Wildman–Crippen LogP) is 2.17. The first-order valence-corrected chi connectivity index (χ1v) is 9.20. The summed E-state index contributed by atoms with van der Waals surface area (Å²) in [4.78, 5) is 0.276. The normalized spacial score (nSPS) is 17.7. The largest absolute Gasteiger partial charge is 0.384 e. The van der Waals surface area contributed by atoms with E-state index in [9.17, 15) is 8.42 Å². The van der Waals surface area contributed by atoms with Gasteiger partial charge in [-0.1, -0.05) is 22.0 Å². The molecule has 0 radical (unpaired) electrons. The number of rotatable bonds is 6. The van der Waals surface area contributed by atoms with Crippen molar-refractivity contribution in [3.8, 4) is 0 Å². The lowest BCUT2D eigenvalue weighted by atomic mass is 9.80. The summed E-state index contributed by atoms with van der Waals surface area (Å²) in [6.45, 7) is 2.75. The zero-order valence-corrected chi connectivity index (χ0v) is 15.7. The Labute approximate surface area is 146 Å². The highest BCUT2D eigenvalue weighted by atomic mass is 79.9. The maximum atomic E-state index is 12.4. The number of hydrogen-bond acceptors (Lipinski definition) is 4. The van der Waals surface area contributed by atoms with Gasteiger partial charge in [-0.2, -0.15) is 0 Å². The molecule has 0 aliphatic carbocycles. The average molecular weight is 414 g/mol. The van der Waals surface area contributed by atoms with Crippen LogP contribution in [0.3, 0.4) is 0 Å². The molecule has 1 aliphatic heterocycles. The lowest BCUT2D eigenvalue weighted by Gasteiger charge is -2.37. The third-order valence-corrected chi connectivity index (χ3v) is 5.75. The third kappa shape index (κ3) is 5.18. The van der Waals surface area contributed by atoms with Gasteiger partial charge in [0.2, 0.25) is 10.0 Å². The molecule has 2 rings (SSSR count). The molecular formula is C14H22BrClN2O3S. The van der Waals surface area contributed by atoms with Gasteiger partial charge in [0.25, 0.3) is 0 Å². The van der Waals surface area contributed by atoms with Crippen molar-refractivity contribution in [2.75, 3.05) is 33.4 Å². The summed E-state index contributed by atoms with van der Waals surface area (Å²) < 4.78 is 33.6. The van der Waals surface area contributed by atoms with Gasteiger partial charge in [0.15, 0.2) is 0 Å². The summed E-state index contributed by atoms with van der Waals surface area (Å²) in [5, 5.41) is 3.30. The van der Waals surface area contributed by atoms with Gasteiger partial charge in [-0.25, -0.2) is 13.1 Å². The smallest absolute Gasteiger partial charge is 0.240 e. The minimum absolute atomic E-state index is 0. The monoisotopic (exact) mass is 412 g/mol. The van der Waals surface area contributed by atoms with E-state index in [1.54, 1.807) is 31.4 Å². The highest BCUT2D eigenvalue weighted by molar-refractivity contribution is 9.10. The molecule has 0 amide bonds. The van der Waals surface area contributed by atoms with Crippen molar-refractivity contribution in [1.29, 1.82) is 0 Å². The number of piperidine rings is 1. The van der Waals surface area contributed by atoms with Crippen LogP contribution in [0.15, 0.2) is 33.6 Å². The van der Waals surface area contributed by atoms with E-state index < -0.39 is 10.0 Å². The summed E-state index contributed by atoms with van der Waals surface area (Å²) >= 11 is 3.30. The molecule has 5 nitrogen and oxygen atoms in total. The van der Waals surface area contributed by atoms with Gasteiger partial charge in [-0.3, -0.25) is 0 Å². The molecule has 0 spiro atoms. The number of nitrogens with one attached hydrogen (secondary N) is 2. The van der Waals surface area contributed by atoms with E-state index in [-0.39, 0.29) is 22.7 Å². The number of benzene rings is 1. The van der Waals surface area contributed by atoms with Crippen LogP contribution in [0.25, 0.3) is 0 Å². The lowest BCUT2D eigenvalue weighted by Crippen LogP contribution is -2.47. The minimum Gasteiger partial charge on any atom is -0.384 e. The van der Waals surface area contributed by atoms with Crippen LogP contribution in [0.4, 0.5) is 0 Å². The van der Waals surface area contributed by atoms with Crippen molar-refractivity contribution in [3.63, 3.8) is 0 Å². The standard InChI is InChI=1S/C14H21BrN2O3S.ClH/c1-20-11-14(5-7-16-8-6-14)10-17-21(18,19)13-4-2-3-12(15)9-13;/h2-4,9,16-17H,5-8,10-11H2,1H3;1H. The number of methoxy groups -OCH3 is 1. The summed E-state index contributed by atoms with van der Waals surface area (Å²) in [7, 11) is -1.84. The molecule has 1 saturated heterocycles. The second kappa shape index (κ2) is 8.61. The Kier molecular flexibility index (Phi) is 7.78. The molecule has 1 aliphatic rings. The van der Waals surface area contributed by atoms with E-state index in [2.05, 4.69) is 26.0 Å². The number of hydrogen-bond donors (Lipinski definition) is 2. The van der Waals surface area contributed by atoms with E-state index in [1.165, 1.54) is 0 Å². The van der Waals surface area contributed by atoms with Crippen LogP contribution >= 0.6 is 28.3 Å². The Bertz CT molecular complexity index is 572. The third-order valence-electron chi connectivity index (χ3n) is 3.86. The molecule has 126 valence electrons. The molecule has 2 N–H and O–H groups in total. The van der Waals surface area contributed by atoms with Gasteiger partial charge in [0, 0.05) is 23.5 Å². The molecule has 0 aromatic heterocycles. The quantitative estimate of drug-likeness (QED) is 0.750. The van der Waals surface area contributed by atoms with Gasteiger partial charge in [0.05, 0.1) is 11.5 Å². The fourth-order valence-electron chi connectivity index (χ4n) is 2.60. The number of ether oxygens (including phenoxy) is 1. The molecule has 1 aromatic rings. The van der Waals surface area contributed by atoms with Crippen LogP contribution in [0, 0.1) is 5.41 Å². The number of sulfonamides is 1. The van der Waals surface area contributed by atoms with Crippen LogP contribution in [-0.4, -0.2) is 41.8 Å². The Morgan fingerprint density at radius 2 is 2.05 bits per heavy atom. The van der Waals surface area contributed by atoms with E-state index in [0.29, 0.717) is 13.2 Å². The first-order chi connectivity index (χ1) is 9.97. The summed E-state index contributed by atoms with van der Waals surface area (Å²) in [6, 6.07) is 6.72. The van der Waals surface area contributed by atoms with Gasteiger partial charge in [-0.05, 0) is 44.1 Å². The Morgan fingerprint density at radius 3 is 2.64 bits per heavy atom. The average Bonchev–Trinajstić information content (AvgIpc) is 2.47. The SMILES string of the molecule is COCC1(CNS(=O)(=O)c2cccc(Br)c2)CCNCC1.Cl. The second-order valence-corrected chi connectivity index (χ2v) is 8.15. The van der Waals surface area contributed by atoms with Crippen molar-refractivity contribution in [2.24, 2.45) is 5.41 Å². The molecule has 0 atom stereocenters. The molecule has 0 saturated carbocycles. The fraction of sp³-hybridized carbons (Fsp3) is 0.571. The topological polar surface area (TPSA) is 67.4 Å². The van der Waals surface area contributed by atoms with Crippen LogP contribution in [0.2, 0.25) is 0 Å². The molecule has 22 heavy (non-hydrogen) atoms. The highest BCUT2D eigenvalue weighted by Gasteiger charge is 2.33. The maximum Gasteiger partial charge on any atom is 0.240 e. The van der Waals surface area contributed by atoms with E-state index in [1.807, 2.05) is 0 Å². The first-order valence-electron chi connectivity index (χ1n) is 6.92. The first kappa shape index (κ1) is 19.9. The van der Waals surface area contributed by atoms with Crippen molar-refractivity contribution < 1.29 is 13.2 Å². The van der Waals surface area contributed by atoms with Crippen molar-refractivity contribution >= 4 is 38.4 Å². The van der Waals surface area contributed by atoms with Gasteiger partial charge in [0.1, 0.15) is 0 Å². The summed E-state index contributed by atoms with van der Waals surface area (Å²) in [6.07, 6.45) is 1.81. The van der Waals surface area contributed by atoms with Crippen LogP contribution in [-0.2, 0) is 14.8 Å². The molecule has 0 unspecified atom stereocenters. The molecule has 1 fully saturated rings. The molecule has 8 heteroatoms. The van der Waals surface area contributed by atoms with Gasteiger partial charge < -0.3 is 10.1 Å². The summed E-state index contributed by atoms with van der Waals surface area (Å²) in [5.74, 6) is 0. The lowest BCUT2D eigenvalue weighted by molar-refractivity contribution is 0.0577. The Morgan fingerprint density at radius 1 is 1.36 bits per heavy atom. The van der Waals surface area contributed by atoms with Crippen molar-refractivity contribution in [3.05, 3.63) is 28.7 Å². The van der Waals surface area contributed by atoms with E-state index >= 15 is 0 Å². The van der Waals surface area contributed by atoms with Crippen molar-refractivity contribution in [1.82, 2.24) is 10.0 Å². The van der Waals surface area contributed by atoms with E-state index in [0.717, 1.165) is 30.4 Å². The molecule has 1 heterocycles.